The van der Waals surface area contributed by atoms with Crippen molar-refractivity contribution in [3.05, 3.63) is 35.5 Å². The highest BCUT2D eigenvalue weighted by atomic mass is 35.5. The van der Waals surface area contributed by atoms with Gasteiger partial charge in [-0.3, -0.25) is 9.59 Å². The van der Waals surface area contributed by atoms with Crippen LogP contribution in [-0.2, 0) is 4.79 Å². The number of nitrogens with one attached hydrogen (secondary N) is 1. The summed E-state index contributed by atoms with van der Waals surface area (Å²) >= 11 is 5.80. The maximum absolute atomic E-state index is 13.7. The maximum atomic E-state index is 13.7. The smallest absolute Gasteiger partial charge is 0.384 e. The zero-order valence-corrected chi connectivity index (χ0v) is 18.8. The second kappa shape index (κ2) is 9.94. The molecular weight excluding hydrogens is 463 g/mol. The van der Waals surface area contributed by atoms with Crippen LogP contribution in [0.15, 0.2) is 24.8 Å². The number of pyridine rings is 1. The number of piperidine rings is 1. The number of nitrogens with two attached hydrogens (primary N) is 1. The molecule has 1 saturated heterocycles. The van der Waals surface area contributed by atoms with E-state index in [1.165, 1.54) is 29.7 Å². The molecule has 2 aromatic heterocycles. The van der Waals surface area contributed by atoms with E-state index in [0.717, 1.165) is 0 Å². The fraction of sp³-hybridized carbons (Fsp3) is 0.550. The molecule has 0 aromatic carbocycles. The fourth-order valence-electron chi connectivity index (χ4n) is 4.14. The van der Waals surface area contributed by atoms with Crippen molar-refractivity contribution < 1.29 is 22.8 Å². The number of halogens is 4. The molecule has 0 bridgehead atoms. The van der Waals surface area contributed by atoms with Crippen LogP contribution in [0.2, 0.25) is 5.15 Å². The normalized spacial score (nSPS) is 20.0. The topological polar surface area (TPSA) is 119 Å². The first-order valence-electron chi connectivity index (χ1n) is 10.4. The number of amides is 2. The van der Waals surface area contributed by atoms with Crippen LogP contribution in [0.3, 0.4) is 0 Å². The van der Waals surface area contributed by atoms with Crippen molar-refractivity contribution in [3.8, 4) is 0 Å². The van der Waals surface area contributed by atoms with Gasteiger partial charge in [0, 0.05) is 31.1 Å². The zero-order valence-electron chi connectivity index (χ0n) is 18.1. The summed E-state index contributed by atoms with van der Waals surface area (Å²) in [6.07, 6.45) is -1.89. The van der Waals surface area contributed by atoms with Gasteiger partial charge in [-0.1, -0.05) is 25.4 Å². The van der Waals surface area contributed by atoms with E-state index in [-0.39, 0.29) is 54.4 Å². The molecule has 180 valence electrons. The minimum absolute atomic E-state index is 0.00326. The van der Waals surface area contributed by atoms with Crippen LogP contribution in [0.5, 0.6) is 0 Å². The number of likely N-dealkylation sites (tertiary alicyclic amines) is 1. The van der Waals surface area contributed by atoms with Crippen molar-refractivity contribution in [1.29, 1.82) is 0 Å². The molecule has 3 rings (SSSR count). The average molecular weight is 488 g/mol. The van der Waals surface area contributed by atoms with Crippen LogP contribution in [0.1, 0.15) is 36.7 Å². The third-order valence-corrected chi connectivity index (χ3v) is 5.90. The van der Waals surface area contributed by atoms with Crippen molar-refractivity contribution in [1.82, 2.24) is 30.0 Å². The first-order valence-corrected chi connectivity index (χ1v) is 10.8. The highest BCUT2D eigenvalue weighted by Crippen LogP contribution is 2.38. The van der Waals surface area contributed by atoms with Gasteiger partial charge in [0.05, 0.1) is 5.92 Å². The summed E-state index contributed by atoms with van der Waals surface area (Å²) in [7, 11) is 0. The van der Waals surface area contributed by atoms with E-state index in [2.05, 4.69) is 20.5 Å². The quantitative estimate of drug-likeness (QED) is 0.604. The summed E-state index contributed by atoms with van der Waals surface area (Å²) in [5.41, 5.74) is 5.67. The molecule has 9 nitrogen and oxygen atoms in total. The van der Waals surface area contributed by atoms with Crippen molar-refractivity contribution in [2.75, 3.05) is 25.4 Å². The van der Waals surface area contributed by atoms with Gasteiger partial charge in [-0.25, -0.2) is 4.98 Å². The lowest BCUT2D eigenvalue weighted by atomic mass is 9.84. The van der Waals surface area contributed by atoms with Gasteiger partial charge in [0.15, 0.2) is 0 Å². The summed E-state index contributed by atoms with van der Waals surface area (Å²) < 4.78 is 42.7. The van der Waals surface area contributed by atoms with E-state index >= 15 is 0 Å². The summed E-state index contributed by atoms with van der Waals surface area (Å²) in [4.78, 5) is 30.9. The SMILES string of the molecule is CC(C)C(C(=O)N1CCC(C(F)(F)F)C(CNC(=O)c2cc(N)nc(Cl)c2)C1)n1cnnc1. The molecule has 0 aliphatic carbocycles. The van der Waals surface area contributed by atoms with Crippen LogP contribution >= 0.6 is 11.6 Å². The molecular formula is C20H25ClF3N7O2. The molecule has 0 spiro atoms. The molecule has 3 unspecified atom stereocenters. The fourth-order valence-corrected chi connectivity index (χ4v) is 4.36. The third-order valence-electron chi connectivity index (χ3n) is 5.71. The molecule has 3 atom stereocenters. The maximum Gasteiger partial charge on any atom is 0.392 e. The van der Waals surface area contributed by atoms with Crippen LogP contribution in [0.25, 0.3) is 0 Å². The van der Waals surface area contributed by atoms with Gasteiger partial charge in [-0.05, 0) is 24.5 Å². The number of anilines is 1. The van der Waals surface area contributed by atoms with E-state index in [9.17, 15) is 22.8 Å². The predicted molar refractivity (Wildman–Crippen MR) is 114 cm³/mol. The monoisotopic (exact) mass is 487 g/mol. The largest absolute Gasteiger partial charge is 0.392 e. The Bertz CT molecular complexity index is 964. The summed E-state index contributed by atoms with van der Waals surface area (Å²) in [6, 6.07) is 1.92. The molecule has 3 heterocycles. The van der Waals surface area contributed by atoms with Gasteiger partial charge in [-0.15, -0.1) is 10.2 Å². The molecule has 1 fully saturated rings. The number of hydrogen-bond donors (Lipinski definition) is 2. The van der Waals surface area contributed by atoms with Crippen molar-refractivity contribution in [2.24, 2.45) is 17.8 Å². The Kier molecular flexibility index (Phi) is 7.45. The molecule has 2 amide bonds. The summed E-state index contributed by atoms with van der Waals surface area (Å²) in [5, 5.41) is 9.97. The van der Waals surface area contributed by atoms with E-state index < -0.39 is 30.0 Å². The molecule has 1 aliphatic rings. The van der Waals surface area contributed by atoms with E-state index in [1.54, 1.807) is 4.57 Å². The Balaban J connectivity index is 1.75. The number of hydrogen-bond acceptors (Lipinski definition) is 6. The molecule has 33 heavy (non-hydrogen) atoms. The number of rotatable bonds is 6. The van der Waals surface area contributed by atoms with Crippen LogP contribution in [0.4, 0.5) is 19.0 Å². The summed E-state index contributed by atoms with van der Waals surface area (Å²) in [6.45, 7) is 3.23. The van der Waals surface area contributed by atoms with Gasteiger partial charge in [0.25, 0.3) is 5.91 Å². The van der Waals surface area contributed by atoms with E-state index in [4.69, 9.17) is 17.3 Å². The molecule has 2 aromatic rings. The Hall–Kier alpha value is -2.89. The molecule has 0 saturated carbocycles. The predicted octanol–water partition coefficient (Wildman–Crippen LogP) is 2.56. The molecule has 3 N–H and O–H groups in total. The van der Waals surface area contributed by atoms with Crippen molar-refractivity contribution >= 4 is 29.2 Å². The number of aromatic nitrogens is 4. The lowest BCUT2D eigenvalue weighted by Crippen LogP contribution is -2.53. The van der Waals surface area contributed by atoms with Gasteiger partial charge in [-0.2, -0.15) is 13.2 Å². The first kappa shape index (κ1) is 24.7. The Morgan fingerprint density at radius 2 is 1.94 bits per heavy atom. The van der Waals surface area contributed by atoms with Crippen LogP contribution < -0.4 is 11.1 Å². The number of carbonyl (C=O) groups is 2. The standard InChI is InChI=1S/C20H25ClF3N7O2/c1-11(2)17(31-9-27-28-10-31)19(33)30-4-3-14(20(22,23)24)13(8-30)7-26-18(32)12-5-15(21)29-16(25)6-12/h5-6,9-11,13-14,17H,3-4,7-8H2,1-2H3,(H2,25,29)(H,26,32). The average Bonchev–Trinajstić information content (AvgIpc) is 3.24. The first-order chi connectivity index (χ1) is 15.5. The number of nitrogen functional groups attached to an aromatic ring is 1. The highest BCUT2D eigenvalue weighted by molar-refractivity contribution is 6.29. The van der Waals surface area contributed by atoms with E-state index in [1.807, 2.05) is 13.8 Å². The minimum Gasteiger partial charge on any atom is -0.384 e. The Morgan fingerprint density at radius 1 is 1.27 bits per heavy atom. The minimum atomic E-state index is -4.46. The third kappa shape index (κ3) is 5.92. The number of alkyl halides is 3. The lowest BCUT2D eigenvalue weighted by molar-refractivity contribution is -0.201. The molecule has 13 heteroatoms. The second-order valence-electron chi connectivity index (χ2n) is 8.39. The van der Waals surface area contributed by atoms with Gasteiger partial charge < -0.3 is 20.5 Å². The van der Waals surface area contributed by atoms with Gasteiger partial charge >= 0.3 is 6.18 Å². The zero-order chi connectivity index (χ0) is 24.3. The Labute approximate surface area is 193 Å². The summed E-state index contributed by atoms with van der Waals surface area (Å²) in [5.74, 6) is -3.72. The lowest BCUT2D eigenvalue weighted by Gasteiger charge is -2.41. The second-order valence-corrected chi connectivity index (χ2v) is 8.78. The van der Waals surface area contributed by atoms with E-state index in [0.29, 0.717) is 0 Å². The Morgan fingerprint density at radius 3 is 2.52 bits per heavy atom. The number of carbonyl (C=O) groups excluding carboxylic acids is 2. The van der Waals surface area contributed by atoms with Gasteiger partial charge in [0.1, 0.15) is 29.7 Å². The molecule has 0 radical (unpaired) electrons. The van der Waals surface area contributed by atoms with Gasteiger partial charge in [0.2, 0.25) is 5.91 Å². The van der Waals surface area contributed by atoms with Crippen molar-refractivity contribution in [2.45, 2.75) is 32.5 Å². The van der Waals surface area contributed by atoms with Crippen LogP contribution in [-0.4, -0.2) is 62.3 Å². The molecule has 1 aliphatic heterocycles. The van der Waals surface area contributed by atoms with Crippen LogP contribution in [0, 0.1) is 17.8 Å². The van der Waals surface area contributed by atoms with Crippen molar-refractivity contribution in [3.63, 3.8) is 0 Å². The highest BCUT2D eigenvalue weighted by Gasteiger charge is 2.48. The number of nitrogens with zero attached hydrogens (tertiary/aromatic N) is 5.